The van der Waals surface area contributed by atoms with Crippen LogP contribution in [0.4, 0.5) is 0 Å². The van der Waals surface area contributed by atoms with Crippen molar-refractivity contribution < 1.29 is 0 Å². The first kappa shape index (κ1) is 10.1. The highest BCUT2D eigenvalue weighted by Gasteiger charge is 1.95. The molecular formula is C6H12AlCl2. The van der Waals surface area contributed by atoms with Crippen LogP contribution in [0.5, 0.6) is 0 Å². The first-order chi connectivity index (χ1) is 4.41. The summed E-state index contributed by atoms with van der Waals surface area (Å²) in [5, 5.41) is 0. The molecule has 1 aliphatic carbocycles. The molecule has 1 saturated carbocycles. The Morgan fingerprint density at radius 1 is 1.00 bits per heavy atom. The van der Waals surface area contributed by atoms with E-state index in [0.717, 1.165) is 0 Å². The zero-order valence-electron chi connectivity index (χ0n) is 5.58. The Hall–Kier alpha value is 1.11. The Morgan fingerprint density at radius 3 is 1.56 bits per heavy atom. The predicted molar refractivity (Wildman–Crippen MR) is 46.2 cm³/mol. The molecule has 9 heavy (non-hydrogen) atoms. The summed E-state index contributed by atoms with van der Waals surface area (Å²) in [6.45, 7) is 0. The summed E-state index contributed by atoms with van der Waals surface area (Å²) in [5.74, 6) is 0. The standard InChI is InChI=1S/C6H11.Al.2ClH.H/c1-2-4-6-5-3-1;;;;/h1H,2-6H2;;2*1H;/q;+2;;;/p-2. The smallest absolute Gasteiger partial charge is 0.240 e. The lowest BCUT2D eigenvalue weighted by Crippen LogP contribution is -1.87. The van der Waals surface area contributed by atoms with Gasteiger partial charge < -0.3 is 0 Å². The molecule has 0 aliphatic heterocycles. The quantitative estimate of drug-likeness (QED) is 0.505. The van der Waals surface area contributed by atoms with Gasteiger partial charge in [0.2, 0.25) is 0 Å². The van der Waals surface area contributed by atoms with E-state index in [1.165, 1.54) is 32.1 Å². The Labute approximate surface area is 72.0 Å². The van der Waals surface area contributed by atoms with Gasteiger partial charge in [0.05, 0.1) is 0 Å². The Morgan fingerprint density at radius 2 is 1.44 bits per heavy atom. The molecule has 0 saturated heterocycles. The van der Waals surface area contributed by atoms with E-state index in [1.807, 2.05) is 0 Å². The maximum absolute atomic E-state index is 4.90. The second kappa shape index (κ2) is 9.11. The van der Waals surface area contributed by atoms with Crippen LogP contribution in [0.1, 0.15) is 32.1 Å². The second-order valence-electron chi connectivity index (χ2n) is 2.03. The summed E-state index contributed by atoms with van der Waals surface area (Å²) in [4.78, 5) is 0. The molecule has 1 fully saturated rings. The van der Waals surface area contributed by atoms with Crippen LogP contribution in [0.25, 0.3) is 0 Å². The molecule has 0 aromatic rings. The zero-order chi connectivity index (χ0) is 6.95. The van der Waals surface area contributed by atoms with Gasteiger partial charge in [-0.1, -0.05) is 32.1 Å². The van der Waals surface area contributed by atoms with Crippen molar-refractivity contribution in [3.05, 3.63) is 6.42 Å². The van der Waals surface area contributed by atoms with Gasteiger partial charge in [-0.15, -0.1) is 0 Å². The van der Waals surface area contributed by atoms with Gasteiger partial charge in [0.1, 0.15) is 0 Å². The molecule has 1 aliphatic rings. The van der Waals surface area contributed by atoms with Crippen LogP contribution in [0, 0.1) is 6.42 Å². The summed E-state index contributed by atoms with van der Waals surface area (Å²) in [6.07, 6.45) is 9.50. The largest absolute Gasteiger partial charge is 0.499 e. The fraction of sp³-hybridized carbons (Fsp3) is 0.833. The zero-order valence-corrected chi connectivity index (χ0v) is 8.50. The minimum absolute atomic E-state index is 0.639. The maximum atomic E-state index is 4.90. The molecule has 0 N–H and O–H groups in total. The average Bonchev–Trinajstić information content (AvgIpc) is 1.93. The Balaban J connectivity index is 0.000000187. The summed E-state index contributed by atoms with van der Waals surface area (Å²) < 4.78 is 0. The van der Waals surface area contributed by atoms with Crippen LogP contribution in [-0.4, -0.2) is 13.4 Å². The van der Waals surface area contributed by atoms with E-state index >= 15 is 0 Å². The molecule has 0 unspecified atom stereocenters. The third-order valence-electron chi connectivity index (χ3n) is 1.32. The van der Waals surface area contributed by atoms with Crippen LogP contribution >= 0.6 is 20.1 Å². The Bertz CT molecular complexity index is 34.8. The van der Waals surface area contributed by atoms with Gasteiger partial charge in [0.15, 0.2) is 0 Å². The van der Waals surface area contributed by atoms with E-state index in [4.69, 9.17) is 20.1 Å². The van der Waals surface area contributed by atoms with Crippen molar-refractivity contribution in [3.8, 4) is 0 Å². The molecule has 3 heteroatoms. The molecule has 1 radical (unpaired) electrons. The van der Waals surface area contributed by atoms with Gasteiger partial charge in [0.25, 0.3) is 0 Å². The van der Waals surface area contributed by atoms with E-state index < -0.39 is 13.4 Å². The predicted octanol–water partition coefficient (Wildman–Crippen LogP) is 2.89. The first-order valence-electron chi connectivity index (χ1n) is 3.35. The van der Waals surface area contributed by atoms with Crippen LogP contribution in [0.15, 0.2) is 0 Å². The number of halogens is 2. The van der Waals surface area contributed by atoms with Crippen LogP contribution < -0.4 is 0 Å². The maximum Gasteiger partial charge on any atom is 0.499 e. The van der Waals surface area contributed by atoms with E-state index in [0.29, 0.717) is 0 Å². The van der Waals surface area contributed by atoms with E-state index in [1.54, 1.807) is 0 Å². The third kappa shape index (κ3) is 9.11. The minimum atomic E-state index is -0.639. The van der Waals surface area contributed by atoms with Gasteiger partial charge in [-0.3, -0.25) is 0 Å². The fourth-order valence-electron chi connectivity index (χ4n) is 0.898. The highest BCUT2D eigenvalue weighted by molar-refractivity contribution is 7.22. The molecule has 0 atom stereocenters. The average molecular weight is 182 g/mol. The van der Waals surface area contributed by atoms with Crippen molar-refractivity contribution in [2.45, 2.75) is 32.1 Å². The van der Waals surface area contributed by atoms with Crippen LogP contribution in [0.2, 0.25) is 0 Å². The summed E-state index contributed by atoms with van der Waals surface area (Å²) in [6, 6.07) is 0. The van der Waals surface area contributed by atoms with Crippen molar-refractivity contribution in [2.24, 2.45) is 0 Å². The highest BCUT2D eigenvalue weighted by Crippen LogP contribution is 2.14. The number of rotatable bonds is 0. The minimum Gasteiger partial charge on any atom is -0.240 e. The number of hydrogen-bond donors (Lipinski definition) is 0. The molecule has 0 aromatic heterocycles. The molecule has 53 valence electrons. The summed E-state index contributed by atoms with van der Waals surface area (Å²) >= 11 is -0.639. The number of hydrogen-bond acceptors (Lipinski definition) is 0. The molecule has 0 aromatic carbocycles. The molecule has 0 bridgehead atoms. The third-order valence-corrected chi connectivity index (χ3v) is 1.32. The lowest BCUT2D eigenvalue weighted by atomic mass is 10.0. The van der Waals surface area contributed by atoms with Crippen LogP contribution in [0.3, 0.4) is 0 Å². The Kier molecular flexibility index (Phi) is 10.2. The molecule has 0 heterocycles. The van der Waals surface area contributed by atoms with Gasteiger partial charge in [-0.05, 0) is 6.42 Å². The van der Waals surface area contributed by atoms with Crippen molar-refractivity contribution in [3.63, 3.8) is 0 Å². The topological polar surface area (TPSA) is 0 Å². The monoisotopic (exact) mass is 181 g/mol. The second-order valence-corrected chi connectivity index (χ2v) is 4.65. The van der Waals surface area contributed by atoms with Crippen molar-refractivity contribution in [2.75, 3.05) is 0 Å². The molecule has 0 nitrogen and oxygen atoms in total. The molecule has 0 amide bonds. The summed E-state index contributed by atoms with van der Waals surface area (Å²) in [7, 11) is 9.81. The summed E-state index contributed by atoms with van der Waals surface area (Å²) in [5.41, 5.74) is 0. The van der Waals surface area contributed by atoms with Crippen molar-refractivity contribution in [1.29, 1.82) is 0 Å². The van der Waals surface area contributed by atoms with E-state index in [-0.39, 0.29) is 0 Å². The molecule has 1 rings (SSSR count). The normalized spacial score (nSPS) is 17.6. The molecular weight excluding hydrogens is 170 g/mol. The van der Waals surface area contributed by atoms with E-state index in [2.05, 4.69) is 6.42 Å². The van der Waals surface area contributed by atoms with Gasteiger partial charge in [-0.25, -0.2) is 20.1 Å². The lowest BCUT2D eigenvalue weighted by Gasteiger charge is -2.05. The van der Waals surface area contributed by atoms with Gasteiger partial charge in [-0.2, -0.15) is 0 Å². The van der Waals surface area contributed by atoms with E-state index in [9.17, 15) is 0 Å². The lowest BCUT2D eigenvalue weighted by molar-refractivity contribution is 0.593. The van der Waals surface area contributed by atoms with Crippen molar-refractivity contribution >= 4 is 33.5 Å². The van der Waals surface area contributed by atoms with Gasteiger partial charge in [0, 0.05) is 0 Å². The van der Waals surface area contributed by atoms with Crippen molar-refractivity contribution in [1.82, 2.24) is 0 Å². The first-order valence-corrected chi connectivity index (χ1v) is 7.63. The van der Waals surface area contributed by atoms with Gasteiger partial charge >= 0.3 is 13.4 Å². The molecule has 0 spiro atoms. The highest BCUT2D eigenvalue weighted by atomic mass is 35.7. The fourth-order valence-corrected chi connectivity index (χ4v) is 0.898. The van der Waals surface area contributed by atoms with Crippen LogP contribution in [-0.2, 0) is 0 Å². The SMILES string of the molecule is [CH]1CCCCC1.[Cl][AlH][Cl].